The molecule has 0 unspecified atom stereocenters. The zero-order valence-electron chi connectivity index (χ0n) is 13.1. The number of methoxy groups -OCH3 is 1. The molecule has 0 radical (unpaired) electrons. The number of fused-ring (bicyclic) bond motifs is 2. The summed E-state index contributed by atoms with van der Waals surface area (Å²) in [6, 6.07) is 6.69. The fourth-order valence-corrected chi connectivity index (χ4v) is 3.47. The van der Waals surface area contributed by atoms with Crippen molar-refractivity contribution >= 4 is 33.4 Å². The van der Waals surface area contributed by atoms with Crippen molar-refractivity contribution in [1.82, 2.24) is 4.57 Å². The molecule has 0 aliphatic carbocycles. The molecule has 0 bridgehead atoms. The first-order chi connectivity index (χ1) is 12.2. The van der Waals surface area contributed by atoms with Crippen LogP contribution in [0.4, 0.5) is 0 Å². The Morgan fingerprint density at radius 1 is 1.32 bits per heavy atom. The average Bonchev–Trinajstić information content (AvgIpc) is 3.33. The highest BCUT2D eigenvalue weighted by atomic mass is 32.1. The number of amides is 1. The van der Waals surface area contributed by atoms with Gasteiger partial charge in [-0.3, -0.25) is 9.59 Å². The molecule has 0 spiro atoms. The molecular formula is C16H12N2O6S. The van der Waals surface area contributed by atoms with Gasteiger partial charge in [0, 0.05) is 12.1 Å². The second-order valence-corrected chi connectivity index (χ2v) is 6.12. The summed E-state index contributed by atoms with van der Waals surface area (Å²) < 4.78 is 23.0. The van der Waals surface area contributed by atoms with E-state index in [0.29, 0.717) is 21.8 Å². The Morgan fingerprint density at radius 3 is 2.84 bits per heavy atom. The summed E-state index contributed by atoms with van der Waals surface area (Å²) in [5.41, 5.74) is 0.700. The van der Waals surface area contributed by atoms with E-state index >= 15 is 0 Å². The van der Waals surface area contributed by atoms with Crippen LogP contribution in [0.25, 0.3) is 10.2 Å². The highest BCUT2D eigenvalue weighted by Crippen LogP contribution is 2.37. The summed E-state index contributed by atoms with van der Waals surface area (Å²) >= 11 is 1.26. The number of thiazole rings is 1. The van der Waals surface area contributed by atoms with Crippen molar-refractivity contribution in [1.29, 1.82) is 0 Å². The molecule has 1 aliphatic heterocycles. The van der Waals surface area contributed by atoms with Crippen LogP contribution in [0.2, 0.25) is 0 Å². The van der Waals surface area contributed by atoms with Crippen molar-refractivity contribution in [3.63, 3.8) is 0 Å². The van der Waals surface area contributed by atoms with E-state index in [4.69, 9.17) is 18.6 Å². The van der Waals surface area contributed by atoms with E-state index < -0.39 is 11.9 Å². The molecule has 4 rings (SSSR count). The third-order valence-corrected chi connectivity index (χ3v) is 4.66. The maximum atomic E-state index is 12.2. The SMILES string of the molecule is COC(=O)Cn1c(=NC(=O)c2ccco2)sc2cc3c(cc21)OCO3. The second-order valence-electron chi connectivity index (χ2n) is 5.11. The predicted molar refractivity (Wildman–Crippen MR) is 86.6 cm³/mol. The van der Waals surface area contributed by atoms with Crippen LogP contribution in [-0.2, 0) is 16.1 Å². The van der Waals surface area contributed by atoms with Gasteiger partial charge in [-0.25, -0.2) is 0 Å². The largest absolute Gasteiger partial charge is 0.468 e. The monoisotopic (exact) mass is 360 g/mol. The van der Waals surface area contributed by atoms with Gasteiger partial charge < -0.3 is 23.2 Å². The van der Waals surface area contributed by atoms with Crippen molar-refractivity contribution < 1.29 is 28.2 Å². The molecule has 0 fully saturated rings. The van der Waals surface area contributed by atoms with Crippen LogP contribution in [-0.4, -0.2) is 30.3 Å². The van der Waals surface area contributed by atoms with E-state index in [2.05, 4.69) is 4.99 Å². The fourth-order valence-electron chi connectivity index (χ4n) is 2.43. The number of aromatic nitrogens is 1. The number of hydrogen-bond acceptors (Lipinski definition) is 7. The molecule has 1 aromatic carbocycles. The number of rotatable bonds is 3. The van der Waals surface area contributed by atoms with Crippen LogP contribution in [0.5, 0.6) is 11.5 Å². The third-order valence-electron chi connectivity index (χ3n) is 3.62. The Labute approximate surface area is 144 Å². The van der Waals surface area contributed by atoms with E-state index in [1.165, 1.54) is 30.8 Å². The molecule has 0 saturated carbocycles. The van der Waals surface area contributed by atoms with Crippen molar-refractivity contribution in [2.75, 3.05) is 13.9 Å². The van der Waals surface area contributed by atoms with Crippen molar-refractivity contribution in [3.05, 3.63) is 41.1 Å². The molecule has 3 heterocycles. The zero-order valence-corrected chi connectivity index (χ0v) is 13.9. The van der Waals surface area contributed by atoms with Gasteiger partial charge in [0.15, 0.2) is 22.1 Å². The molecule has 1 amide bonds. The maximum Gasteiger partial charge on any atom is 0.325 e. The lowest BCUT2D eigenvalue weighted by molar-refractivity contribution is -0.141. The van der Waals surface area contributed by atoms with E-state index in [1.54, 1.807) is 22.8 Å². The van der Waals surface area contributed by atoms with E-state index in [0.717, 1.165) is 4.70 Å². The lowest BCUT2D eigenvalue weighted by atomic mass is 10.3. The molecule has 0 saturated heterocycles. The van der Waals surface area contributed by atoms with Gasteiger partial charge in [0.05, 0.1) is 23.6 Å². The van der Waals surface area contributed by atoms with E-state index in [1.807, 2.05) is 0 Å². The molecule has 3 aromatic rings. The molecular weight excluding hydrogens is 348 g/mol. The van der Waals surface area contributed by atoms with Crippen LogP contribution in [0.15, 0.2) is 39.9 Å². The first-order valence-electron chi connectivity index (χ1n) is 7.28. The van der Waals surface area contributed by atoms with E-state index in [-0.39, 0.29) is 19.1 Å². The molecule has 9 heteroatoms. The molecule has 1 aliphatic rings. The Hall–Kier alpha value is -3.07. The highest BCUT2D eigenvalue weighted by Gasteiger charge is 2.19. The van der Waals surface area contributed by atoms with Gasteiger partial charge in [-0.1, -0.05) is 11.3 Å². The number of nitrogens with zero attached hydrogens (tertiary/aromatic N) is 2. The Morgan fingerprint density at radius 2 is 2.12 bits per heavy atom. The Bertz CT molecular complexity index is 1030. The predicted octanol–water partition coefficient (Wildman–Crippen LogP) is 1.94. The molecule has 8 nitrogen and oxygen atoms in total. The van der Waals surface area contributed by atoms with Gasteiger partial charge >= 0.3 is 11.9 Å². The first kappa shape index (κ1) is 15.5. The number of carbonyl (C=O) groups excluding carboxylic acids is 2. The summed E-state index contributed by atoms with van der Waals surface area (Å²) in [5.74, 6) is 0.325. The molecule has 2 aromatic heterocycles. The zero-order chi connectivity index (χ0) is 17.4. The van der Waals surface area contributed by atoms with Gasteiger partial charge in [0.1, 0.15) is 6.54 Å². The van der Waals surface area contributed by atoms with Crippen molar-refractivity contribution in [2.45, 2.75) is 6.54 Å². The van der Waals surface area contributed by atoms with Crippen LogP contribution < -0.4 is 14.3 Å². The summed E-state index contributed by atoms with van der Waals surface area (Å²) in [5, 5.41) is 0. The van der Waals surface area contributed by atoms with Crippen molar-refractivity contribution in [2.24, 2.45) is 4.99 Å². The maximum absolute atomic E-state index is 12.2. The number of esters is 1. The topological polar surface area (TPSA) is 92.3 Å². The van der Waals surface area contributed by atoms with Gasteiger partial charge in [0.25, 0.3) is 0 Å². The average molecular weight is 360 g/mol. The van der Waals surface area contributed by atoms with Crippen LogP contribution >= 0.6 is 11.3 Å². The van der Waals surface area contributed by atoms with Crippen LogP contribution in [0.1, 0.15) is 10.6 Å². The van der Waals surface area contributed by atoms with Gasteiger partial charge in [-0.15, -0.1) is 0 Å². The standard InChI is InChI=1S/C16H12N2O6S/c1-21-14(19)7-18-9-5-11-12(24-8-23-11)6-13(9)25-16(18)17-15(20)10-3-2-4-22-10/h2-6H,7-8H2,1H3. The number of carbonyl (C=O) groups is 2. The quantitative estimate of drug-likeness (QED) is 0.663. The minimum atomic E-state index is -0.532. The summed E-state index contributed by atoms with van der Waals surface area (Å²) in [6.07, 6.45) is 1.40. The molecule has 128 valence electrons. The molecule has 0 atom stereocenters. The molecule has 25 heavy (non-hydrogen) atoms. The minimum Gasteiger partial charge on any atom is -0.468 e. The highest BCUT2D eigenvalue weighted by molar-refractivity contribution is 7.16. The van der Waals surface area contributed by atoms with Crippen LogP contribution in [0, 0.1) is 0 Å². The first-order valence-corrected chi connectivity index (χ1v) is 8.10. The summed E-state index contributed by atoms with van der Waals surface area (Å²) in [6.45, 7) is 0.0677. The van der Waals surface area contributed by atoms with Gasteiger partial charge in [-0.05, 0) is 12.1 Å². The van der Waals surface area contributed by atoms with Gasteiger partial charge in [0.2, 0.25) is 6.79 Å². The fraction of sp³-hybridized carbons (Fsp3) is 0.188. The smallest absolute Gasteiger partial charge is 0.325 e. The number of furan rings is 1. The normalized spacial score (nSPS) is 13.4. The van der Waals surface area contributed by atoms with E-state index in [9.17, 15) is 9.59 Å². The number of benzene rings is 1. The summed E-state index contributed by atoms with van der Waals surface area (Å²) in [4.78, 5) is 28.5. The summed E-state index contributed by atoms with van der Waals surface area (Å²) in [7, 11) is 1.30. The Balaban J connectivity index is 1.88. The van der Waals surface area contributed by atoms with Crippen molar-refractivity contribution in [3.8, 4) is 11.5 Å². The Kier molecular flexibility index (Phi) is 3.77. The lowest BCUT2D eigenvalue weighted by Gasteiger charge is -2.04. The lowest BCUT2D eigenvalue weighted by Crippen LogP contribution is -2.22. The molecule has 0 N–H and O–H groups in total. The van der Waals surface area contributed by atoms with Gasteiger partial charge in [-0.2, -0.15) is 4.99 Å². The number of ether oxygens (including phenoxy) is 3. The number of hydrogen-bond donors (Lipinski definition) is 0. The second kappa shape index (κ2) is 6.10. The minimum absolute atomic E-state index is 0.0829. The third kappa shape index (κ3) is 2.78. The van der Waals surface area contributed by atoms with Crippen LogP contribution in [0.3, 0.4) is 0 Å².